The van der Waals surface area contributed by atoms with Gasteiger partial charge in [0.05, 0.1) is 12.5 Å². The van der Waals surface area contributed by atoms with E-state index in [-0.39, 0.29) is 36.5 Å². The van der Waals surface area contributed by atoms with Crippen LogP contribution in [-0.2, 0) is 24.6 Å². The van der Waals surface area contributed by atoms with Crippen LogP contribution in [0, 0.1) is 5.92 Å². The maximum Gasteiger partial charge on any atom is 0.240 e. The largest absolute Gasteiger partial charge is 0.497 e. The fraction of sp³-hybridized carbons (Fsp3) is 0.600. The lowest BCUT2D eigenvalue weighted by atomic mass is 9.75. The van der Waals surface area contributed by atoms with Gasteiger partial charge in [-0.3, -0.25) is 24.1 Å². The number of nitrogens with zero attached hydrogens (tertiary/aromatic N) is 3. The van der Waals surface area contributed by atoms with Crippen LogP contribution in [0.2, 0.25) is 0 Å². The second-order valence-electron chi connectivity index (χ2n) is 9.44. The Morgan fingerprint density at radius 2 is 1.67 bits per heavy atom. The fourth-order valence-corrected chi connectivity index (χ4v) is 4.64. The molecule has 1 aromatic rings. The molecule has 180 valence electrons. The molecule has 2 heterocycles. The molecule has 0 unspecified atom stereocenters. The monoisotopic (exact) mass is 457 g/mol. The van der Waals surface area contributed by atoms with Gasteiger partial charge in [-0.15, -0.1) is 0 Å². The van der Waals surface area contributed by atoms with Crippen molar-refractivity contribution in [2.24, 2.45) is 5.92 Å². The summed E-state index contributed by atoms with van der Waals surface area (Å²) in [6.45, 7) is 8.04. The van der Waals surface area contributed by atoms with E-state index < -0.39 is 5.41 Å². The van der Waals surface area contributed by atoms with E-state index in [2.05, 4.69) is 13.8 Å². The number of amides is 4. The lowest BCUT2D eigenvalue weighted by Gasteiger charge is -2.30. The average Bonchev–Trinajstić information content (AvgIpc) is 2.94. The first-order valence-corrected chi connectivity index (χ1v) is 11.7. The van der Waals surface area contributed by atoms with E-state index in [0.29, 0.717) is 56.4 Å². The number of ether oxygens (including phenoxy) is 1. The predicted octanol–water partition coefficient (Wildman–Crippen LogP) is 2.21. The normalized spacial score (nSPS) is 21.5. The van der Waals surface area contributed by atoms with Crippen molar-refractivity contribution < 1.29 is 23.9 Å². The van der Waals surface area contributed by atoms with Crippen molar-refractivity contribution in [3.8, 4) is 5.75 Å². The zero-order chi connectivity index (χ0) is 24.2. The van der Waals surface area contributed by atoms with Crippen molar-refractivity contribution in [1.82, 2.24) is 14.7 Å². The average molecular weight is 458 g/mol. The van der Waals surface area contributed by atoms with E-state index >= 15 is 0 Å². The molecule has 2 fully saturated rings. The number of carbonyl (C=O) groups excluding carboxylic acids is 4. The van der Waals surface area contributed by atoms with Crippen molar-refractivity contribution in [2.75, 3.05) is 39.8 Å². The minimum absolute atomic E-state index is 0.00337. The highest BCUT2D eigenvalue weighted by molar-refractivity contribution is 6.10. The number of rotatable bonds is 7. The van der Waals surface area contributed by atoms with E-state index in [0.717, 1.165) is 6.42 Å². The van der Waals surface area contributed by atoms with Gasteiger partial charge in [0, 0.05) is 52.5 Å². The van der Waals surface area contributed by atoms with Crippen LogP contribution in [0.3, 0.4) is 0 Å². The molecule has 8 heteroatoms. The van der Waals surface area contributed by atoms with Crippen LogP contribution in [0.4, 0.5) is 0 Å². The number of carbonyl (C=O) groups is 4. The molecule has 0 N–H and O–H groups in total. The number of likely N-dealkylation sites (tertiary alicyclic amines) is 1. The SMILES string of the molecule is COc1ccc([C@@]2(CC(=O)N3CCCN(C(C)=O)CC3)CC(=O)N(CCC(C)C)C2=O)cc1. The summed E-state index contributed by atoms with van der Waals surface area (Å²) < 4.78 is 5.25. The summed E-state index contributed by atoms with van der Waals surface area (Å²) in [5.41, 5.74) is -0.563. The van der Waals surface area contributed by atoms with E-state index in [9.17, 15) is 19.2 Å². The lowest BCUT2D eigenvalue weighted by Crippen LogP contribution is -2.44. The van der Waals surface area contributed by atoms with Gasteiger partial charge in [-0.1, -0.05) is 26.0 Å². The van der Waals surface area contributed by atoms with Crippen LogP contribution < -0.4 is 4.74 Å². The lowest BCUT2D eigenvalue weighted by molar-refractivity contribution is -0.142. The van der Waals surface area contributed by atoms with Crippen LogP contribution in [0.5, 0.6) is 5.75 Å². The first-order valence-electron chi connectivity index (χ1n) is 11.7. The highest BCUT2D eigenvalue weighted by atomic mass is 16.5. The second-order valence-corrected chi connectivity index (χ2v) is 9.44. The third-order valence-corrected chi connectivity index (χ3v) is 6.73. The van der Waals surface area contributed by atoms with E-state index in [1.807, 2.05) is 0 Å². The van der Waals surface area contributed by atoms with Crippen LogP contribution >= 0.6 is 0 Å². The van der Waals surface area contributed by atoms with E-state index in [4.69, 9.17) is 4.74 Å². The summed E-state index contributed by atoms with van der Waals surface area (Å²) in [5, 5.41) is 0. The summed E-state index contributed by atoms with van der Waals surface area (Å²) >= 11 is 0. The van der Waals surface area contributed by atoms with Gasteiger partial charge in [-0.05, 0) is 36.5 Å². The van der Waals surface area contributed by atoms with Crippen molar-refractivity contribution in [2.45, 2.75) is 51.9 Å². The fourth-order valence-electron chi connectivity index (χ4n) is 4.64. The maximum atomic E-state index is 13.7. The Morgan fingerprint density at radius 3 is 2.27 bits per heavy atom. The highest BCUT2D eigenvalue weighted by Crippen LogP contribution is 2.41. The number of imide groups is 1. The minimum Gasteiger partial charge on any atom is -0.497 e. The molecule has 0 aliphatic carbocycles. The molecule has 0 spiro atoms. The van der Waals surface area contributed by atoms with Crippen LogP contribution in [-0.4, -0.2) is 78.2 Å². The quantitative estimate of drug-likeness (QED) is 0.586. The van der Waals surface area contributed by atoms with Gasteiger partial charge >= 0.3 is 0 Å². The molecule has 8 nitrogen and oxygen atoms in total. The molecule has 2 saturated heterocycles. The smallest absolute Gasteiger partial charge is 0.240 e. The van der Waals surface area contributed by atoms with E-state index in [1.54, 1.807) is 41.2 Å². The molecule has 1 atom stereocenters. The molecule has 2 aliphatic rings. The Balaban J connectivity index is 1.88. The van der Waals surface area contributed by atoms with Gasteiger partial charge in [-0.25, -0.2) is 0 Å². The number of hydrogen-bond acceptors (Lipinski definition) is 5. The standard InChI is InChI=1S/C25H35N3O5/c1-18(2)10-13-28-23(31)17-25(24(28)32,20-6-8-21(33-4)9-7-20)16-22(30)27-12-5-11-26(14-15-27)19(3)29/h6-9,18H,5,10-17H2,1-4H3/t25-/m1/s1. The first kappa shape index (κ1) is 24.7. The maximum absolute atomic E-state index is 13.7. The third-order valence-electron chi connectivity index (χ3n) is 6.73. The Hall–Kier alpha value is -2.90. The Bertz CT molecular complexity index is 898. The summed E-state index contributed by atoms with van der Waals surface area (Å²) in [7, 11) is 1.57. The van der Waals surface area contributed by atoms with Crippen molar-refractivity contribution in [1.29, 1.82) is 0 Å². The summed E-state index contributed by atoms with van der Waals surface area (Å²) in [6.07, 6.45) is 1.32. The molecule has 3 rings (SSSR count). The summed E-state index contributed by atoms with van der Waals surface area (Å²) in [5.74, 6) is 0.296. The third kappa shape index (κ3) is 5.37. The van der Waals surface area contributed by atoms with Crippen molar-refractivity contribution >= 4 is 23.6 Å². The topological polar surface area (TPSA) is 87.2 Å². The predicted molar refractivity (Wildman–Crippen MR) is 124 cm³/mol. The molecule has 0 bridgehead atoms. The highest BCUT2D eigenvalue weighted by Gasteiger charge is 2.54. The summed E-state index contributed by atoms with van der Waals surface area (Å²) in [4.78, 5) is 56.6. The minimum atomic E-state index is -1.22. The Labute approximate surface area is 195 Å². The van der Waals surface area contributed by atoms with Crippen molar-refractivity contribution in [3.05, 3.63) is 29.8 Å². The number of methoxy groups -OCH3 is 1. The van der Waals surface area contributed by atoms with Crippen molar-refractivity contribution in [3.63, 3.8) is 0 Å². The zero-order valence-corrected chi connectivity index (χ0v) is 20.1. The molecular weight excluding hydrogens is 422 g/mol. The molecule has 1 aromatic carbocycles. The summed E-state index contributed by atoms with van der Waals surface area (Å²) in [6, 6.07) is 7.08. The molecule has 4 amide bonds. The number of hydrogen-bond donors (Lipinski definition) is 0. The van der Waals surface area contributed by atoms with Gasteiger partial charge in [0.15, 0.2) is 0 Å². The van der Waals surface area contributed by atoms with Gasteiger partial charge in [0.25, 0.3) is 0 Å². The number of benzene rings is 1. The van der Waals surface area contributed by atoms with Gasteiger partial charge in [0.2, 0.25) is 23.6 Å². The molecule has 0 saturated carbocycles. The van der Waals surface area contributed by atoms with E-state index in [1.165, 1.54) is 11.8 Å². The second kappa shape index (κ2) is 10.4. The van der Waals surface area contributed by atoms with Gasteiger partial charge < -0.3 is 14.5 Å². The molecule has 33 heavy (non-hydrogen) atoms. The van der Waals surface area contributed by atoms with Crippen LogP contribution in [0.25, 0.3) is 0 Å². The zero-order valence-electron chi connectivity index (χ0n) is 20.1. The molecule has 2 aliphatic heterocycles. The Kier molecular flexibility index (Phi) is 7.76. The molecule has 0 radical (unpaired) electrons. The molecular formula is C25H35N3O5. The Morgan fingerprint density at radius 1 is 1.03 bits per heavy atom. The van der Waals surface area contributed by atoms with Gasteiger partial charge in [-0.2, -0.15) is 0 Å². The van der Waals surface area contributed by atoms with Gasteiger partial charge in [0.1, 0.15) is 5.75 Å². The first-order chi connectivity index (χ1) is 15.7. The molecule has 0 aromatic heterocycles. The van der Waals surface area contributed by atoms with Crippen LogP contribution in [0.15, 0.2) is 24.3 Å². The van der Waals surface area contributed by atoms with Crippen LogP contribution in [0.1, 0.15) is 52.0 Å².